The molecule has 0 aliphatic heterocycles. The van der Waals surface area contributed by atoms with E-state index in [0.29, 0.717) is 0 Å². The molecule has 0 fully saturated rings. The summed E-state index contributed by atoms with van der Waals surface area (Å²) in [4.78, 5) is 0. The molecular formula is C14H27IO. The summed E-state index contributed by atoms with van der Waals surface area (Å²) >= 11 is 2.27. The molecule has 96 valence electrons. The molecule has 0 saturated heterocycles. The van der Waals surface area contributed by atoms with E-state index in [2.05, 4.69) is 67.4 Å². The van der Waals surface area contributed by atoms with Crippen LogP contribution in [0.5, 0.6) is 0 Å². The predicted molar refractivity (Wildman–Crippen MR) is 81.1 cm³/mol. The number of ether oxygens (including phenoxy) is 1. The Hall–Kier alpha value is 0.430. The summed E-state index contributed by atoms with van der Waals surface area (Å²) in [5.74, 6) is 0.750. The van der Waals surface area contributed by atoms with Crippen LogP contribution in [0, 0.1) is 5.92 Å². The summed E-state index contributed by atoms with van der Waals surface area (Å²) in [7, 11) is 0. The normalized spacial score (nSPS) is 16.6. The molecule has 0 bridgehead atoms. The van der Waals surface area contributed by atoms with Gasteiger partial charge >= 0.3 is 0 Å². The van der Waals surface area contributed by atoms with Gasteiger partial charge in [0.15, 0.2) is 0 Å². The van der Waals surface area contributed by atoms with Crippen molar-refractivity contribution in [3.8, 4) is 0 Å². The largest absolute Gasteiger partial charge is 0.369 e. The van der Waals surface area contributed by atoms with Crippen LogP contribution in [0.3, 0.4) is 0 Å². The SMILES string of the molecule is CCCC[C@H](C)CC(/C=C/I)OC(C)(C)C. The van der Waals surface area contributed by atoms with Gasteiger partial charge in [-0.05, 0) is 43.3 Å². The number of unbranched alkanes of at least 4 members (excludes halogenated alkanes) is 1. The topological polar surface area (TPSA) is 9.23 Å². The molecule has 0 saturated carbocycles. The first-order chi connectivity index (χ1) is 7.39. The fourth-order valence-electron chi connectivity index (χ4n) is 1.77. The Morgan fingerprint density at radius 2 is 1.94 bits per heavy atom. The molecule has 0 aliphatic carbocycles. The Morgan fingerprint density at radius 3 is 2.38 bits per heavy atom. The van der Waals surface area contributed by atoms with Crippen LogP contribution in [0.4, 0.5) is 0 Å². The molecule has 0 amide bonds. The first kappa shape index (κ1) is 16.4. The second kappa shape index (κ2) is 8.51. The Bertz CT molecular complexity index is 193. The van der Waals surface area contributed by atoms with Gasteiger partial charge in [-0.2, -0.15) is 0 Å². The van der Waals surface area contributed by atoms with Gasteiger partial charge in [-0.25, -0.2) is 0 Å². The van der Waals surface area contributed by atoms with Crippen molar-refractivity contribution in [1.29, 1.82) is 0 Å². The Labute approximate surface area is 115 Å². The highest BCUT2D eigenvalue weighted by molar-refractivity contribution is 14.1. The van der Waals surface area contributed by atoms with Gasteiger partial charge in [-0.15, -0.1) is 0 Å². The molecule has 2 atom stereocenters. The minimum Gasteiger partial charge on any atom is -0.369 e. The maximum Gasteiger partial charge on any atom is 0.0772 e. The highest BCUT2D eigenvalue weighted by atomic mass is 127. The van der Waals surface area contributed by atoms with Crippen molar-refractivity contribution in [3.05, 3.63) is 10.2 Å². The lowest BCUT2D eigenvalue weighted by molar-refractivity contribution is -0.0461. The van der Waals surface area contributed by atoms with Crippen LogP contribution in [0.15, 0.2) is 10.2 Å². The van der Waals surface area contributed by atoms with Crippen LogP contribution in [-0.2, 0) is 4.74 Å². The molecule has 0 N–H and O–H groups in total. The van der Waals surface area contributed by atoms with Crippen LogP contribution >= 0.6 is 22.6 Å². The number of rotatable bonds is 7. The van der Waals surface area contributed by atoms with E-state index in [1.807, 2.05) is 0 Å². The number of halogens is 1. The zero-order valence-electron chi connectivity index (χ0n) is 11.4. The molecule has 1 unspecified atom stereocenters. The average molecular weight is 338 g/mol. The zero-order chi connectivity index (χ0) is 12.6. The van der Waals surface area contributed by atoms with E-state index < -0.39 is 0 Å². The monoisotopic (exact) mass is 338 g/mol. The average Bonchev–Trinajstić information content (AvgIpc) is 2.12. The van der Waals surface area contributed by atoms with Gasteiger partial charge in [-0.1, -0.05) is 55.7 Å². The van der Waals surface area contributed by atoms with Crippen molar-refractivity contribution in [2.45, 2.75) is 72.0 Å². The molecule has 0 aliphatic rings. The van der Waals surface area contributed by atoms with Crippen molar-refractivity contribution in [3.63, 3.8) is 0 Å². The van der Waals surface area contributed by atoms with E-state index in [4.69, 9.17) is 4.74 Å². The smallest absolute Gasteiger partial charge is 0.0772 e. The molecule has 0 spiro atoms. The van der Waals surface area contributed by atoms with Crippen molar-refractivity contribution >= 4 is 22.6 Å². The third-order valence-electron chi connectivity index (χ3n) is 2.48. The third-order valence-corrected chi connectivity index (χ3v) is 2.89. The van der Waals surface area contributed by atoms with Gasteiger partial charge in [0.2, 0.25) is 0 Å². The van der Waals surface area contributed by atoms with Gasteiger partial charge < -0.3 is 4.74 Å². The Balaban J connectivity index is 4.12. The molecule has 2 heteroatoms. The summed E-state index contributed by atoms with van der Waals surface area (Å²) in [5, 5.41) is 0. The van der Waals surface area contributed by atoms with Gasteiger partial charge in [0, 0.05) is 0 Å². The maximum atomic E-state index is 6.04. The quantitative estimate of drug-likeness (QED) is 0.570. The lowest BCUT2D eigenvalue weighted by Gasteiger charge is -2.27. The summed E-state index contributed by atoms with van der Waals surface area (Å²) < 4.78 is 8.11. The van der Waals surface area contributed by atoms with Crippen LogP contribution in [0.2, 0.25) is 0 Å². The van der Waals surface area contributed by atoms with Gasteiger partial charge in [0.25, 0.3) is 0 Å². The predicted octanol–water partition coefficient (Wildman–Crippen LogP) is 5.34. The van der Waals surface area contributed by atoms with Crippen LogP contribution in [0.1, 0.15) is 60.3 Å². The Morgan fingerprint density at radius 1 is 1.31 bits per heavy atom. The second-order valence-corrected chi connectivity index (χ2v) is 6.29. The molecule has 1 nitrogen and oxygen atoms in total. The van der Waals surface area contributed by atoms with Crippen LogP contribution in [-0.4, -0.2) is 11.7 Å². The van der Waals surface area contributed by atoms with Gasteiger partial charge in [-0.3, -0.25) is 0 Å². The van der Waals surface area contributed by atoms with Crippen molar-refractivity contribution < 1.29 is 4.74 Å². The Kier molecular flexibility index (Phi) is 8.74. The molecule has 0 aromatic heterocycles. The van der Waals surface area contributed by atoms with Crippen molar-refractivity contribution in [2.75, 3.05) is 0 Å². The van der Waals surface area contributed by atoms with Crippen molar-refractivity contribution in [2.24, 2.45) is 5.92 Å². The van der Waals surface area contributed by atoms with E-state index in [0.717, 1.165) is 12.3 Å². The number of hydrogen-bond acceptors (Lipinski definition) is 1. The van der Waals surface area contributed by atoms with Crippen molar-refractivity contribution in [1.82, 2.24) is 0 Å². The lowest BCUT2D eigenvalue weighted by atomic mass is 9.97. The summed E-state index contributed by atoms with van der Waals surface area (Å²) in [6.07, 6.45) is 7.51. The fraction of sp³-hybridized carbons (Fsp3) is 0.857. The summed E-state index contributed by atoms with van der Waals surface area (Å²) in [6, 6.07) is 0. The second-order valence-electron chi connectivity index (χ2n) is 5.57. The molecule has 0 heterocycles. The van der Waals surface area contributed by atoms with E-state index in [1.54, 1.807) is 0 Å². The fourth-order valence-corrected chi connectivity index (χ4v) is 2.23. The molecule has 0 aromatic rings. The minimum atomic E-state index is -0.0503. The van der Waals surface area contributed by atoms with E-state index in [1.165, 1.54) is 19.3 Å². The first-order valence-electron chi connectivity index (χ1n) is 6.33. The van der Waals surface area contributed by atoms with Gasteiger partial charge in [0.05, 0.1) is 11.7 Å². The van der Waals surface area contributed by atoms with Crippen LogP contribution < -0.4 is 0 Å². The molecule has 0 rings (SSSR count). The molecular weight excluding hydrogens is 311 g/mol. The molecule has 16 heavy (non-hydrogen) atoms. The van der Waals surface area contributed by atoms with E-state index in [-0.39, 0.29) is 11.7 Å². The highest BCUT2D eigenvalue weighted by Gasteiger charge is 2.18. The van der Waals surface area contributed by atoms with Gasteiger partial charge in [0.1, 0.15) is 0 Å². The lowest BCUT2D eigenvalue weighted by Crippen LogP contribution is -2.27. The number of hydrogen-bond donors (Lipinski definition) is 0. The molecule has 0 aromatic carbocycles. The summed E-state index contributed by atoms with van der Waals surface area (Å²) in [6.45, 7) is 10.9. The molecule has 0 radical (unpaired) electrons. The van der Waals surface area contributed by atoms with Crippen LogP contribution in [0.25, 0.3) is 0 Å². The van der Waals surface area contributed by atoms with E-state index >= 15 is 0 Å². The first-order valence-corrected chi connectivity index (χ1v) is 7.58. The zero-order valence-corrected chi connectivity index (χ0v) is 13.6. The van der Waals surface area contributed by atoms with E-state index in [9.17, 15) is 0 Å². The third kappa shape index (κ3) is 9.64. The summed E-state index contributed by atoms with van der Waals surface area (Å²) in [5.41, 5.74) is -0.0503. The highest BCUT2D eigenvalue weighted by Crippen LogP contribution is 2.21. The standard InChI is InChI=1S/C14H27IO/c1-6-7-8-12(2)11-13(9-10-15)16-14(3,4)5/h9-10,12-13H,6-8,11H2,1-5H3/b10-9+/t12-,13?/m0/s1. The maximum absolute atomic E-state index is 6.04. The minimum absolute atomic E-state index is 0.0503.